The van der Waals surface area contributed by atoms with Crippen molar-refractivity contribution in [3.05, 3.63) is 81.9 Å². The van der Waals surface area contributed by atoms with E-state index in [-0.39, 0.29) is 10.6 Å². The van der Waals surface area contributed by atoms with E-state index < -0.39 is 17.8 Å². The summed E-state index contributed by atoms with van der Waals surface area (Å²) in [6, 6.07) is 7.05. The van der Waals surface area contributed by atoms with Gasteiger partial charge in [-0.3, -0.25) is 4.98 Å². The largest absolute Gasteiger partial charge is 0.417 e. The van der Waals surface area contributed by atoms with Crippen LogP contribution in [0, 0.1) is 11.8 Å². The molecule has 0 saturated carbocycles. The zero-order valence-corrected chi connectivity index (χ0v) is 17.7. The second-order valence-electron chi connectivity index (χ2n) is 7.67. The van der Waals surface area contributed by atoms with Crippen molar-refractivity contribution >= 4 is 22.6 Å². The maximum atomic E-state index is 13.3. The lowest BCUT2D eigenvalue weighted by molar-refractivity contribution is -0.137. The van der Waals surface area contributed by atoms with Gasteiger partial charge in [0.1, 0.15) is 5.65 Å². The van der Waals surface area contributed by atoms with E-state index in [0.29, 0.717) is 29.7 Å². The molecular weight excluding hydrogens is 453 g/mol. The van der Waals surface area contributed by atoms with Crippen molar-refractivity contribution in [1.82, 2.24) is 20.3 Å². The second-order valence-corrected chi connectivity index (χ2v) is 8.10. The maximum Gasteiger partial charge on any atom is 0.417 e. The first-order chi connectivity index (χ1) is 15.8. The van der Waals surface area contributed by atoms with Gasteiger partial charge in [0.2, 0.25) is 0 Å². The van der Waals surface area contributed by atoms with Crippen molar-refractivity contribution in [2.45, 2.75) is 18.8 Å². The van der Waals surface area contributed by atoms with E-state index in [1.807, 2.05) is 12.1 Å². The number of hydrogen-bond acceptors (Lipinski definition) is 4. The molecule has 3 N–H and O–H groups in total. The van der Waals surface area contributed by atoms with Crippen LogP contribution in [0.2, 0.25) is 5.02 Å². The van der Waals surface area contributed by atoms with E-state index in [0.717, 1.165) is 28.5 Å². The first-order valence-electron chi connectivity index (χ1n) is 10.0. The monoisotopic (exact) mass is 468 g/mol. The van der Waals surface area contributed by atoms with Crippen molar-refractivity contribution in [3.63, 3.8) is 0 Å². The predicted octanol–water partition coefficient (Wildman–Crippen LogP) is 4.83. The van der Waals surface area contributed by atoms with Crippen LogP contribution in [0.4, 0.5) is 13.2 Å². The molecule has 0 bridgehead atoms. The number of nitrogens with one attached hydrogen (secondary N) is 2. The number of H-pyrrole nitrogens is 1. The van der Waals surface area contributed by atoms with Crippen molar-refractivity contribution in [3.8, 4) is 23.0 Å². The summed E-state index contributed by atoms with van der Waals surface area (Å²) in [5, 5.41) is 14.2. The number of rotatable bonds is 1. The van der Waals surface area contributed by atoms with Gasteiger partial charge in [0.05, 0.1) is 22.9 Å². The highest BCUT2D eigenvalue weighted by atomic mass is 35.5. The Morgan fingerprint density at radius 3 is 2.61 bits per heavy atom. The van der Waals surface area contributed by atoms with Crippen LogP contribution in [0.25, 0.3) is 22.2 Å². The Labute approximate surface area is 191 Å². The Kier molecular flexibility index (Phi) is 5.33. The van der Waals surface area contributed by atoms with Gasteiger partial charge in [0.25, 0.3) is 0 Å². The Bertz CT molecular complexity index is 1440. The molecule has 4 heterocycles. The molecule has 0 saturated heterocycles. The van der Waals surface area contributed by atoms with Crippen LogP contribution in [0.3, 0.4) is 0 Å². The molecule has 0 spiro atoms. The topological polar surface area (TPSA) is 73.8 Å². The summed E-state index contributed by atoms with van der Waals surface area (Å²) >= 11 is 5.89. The third-order valence-electron chi connectivity index (χ3n) is 5.48. The van der Waals surface area contributed by atoms with E-state index in [4.69, 9.17) is 11.6 Å². The third kappa shape index (κ3) is 4.18. The third-order valence-corrected chi connectivity index (χ3v) is 5.71. The van der Waals surface area contributed by atoms with Gasteiger partial charge in [-0.05, 0) is 30.3 Å². The molecule has 166 valence electrons. The van der Waals surface area contributed by atoms with Crippen LogP contribution >= 0.6 is 11.6 Å². The molecule has 1 aliphatic heterocycles. The lowest BCUT2D eigenvalue weighted by Gasteiger charge is -2.22. The number of benzene rings is 1. The number of hydrogen-bond donors (Lipinski definition) is 3. The average molecular weight is 469 g/mol. The predicted molar refractivity (Wildman–Crippen MR) is 118 cm³/mol. The minimum absolute atomic E-state index is 0.174. The number of halogens is 4. The van der Waals surface area contributed by atoms with E-state index in [9.17, 15) is 18.3 Å². The molecule has 9 heteroatoms. The molecule has 3 aromatic heterocycles. The number of aromatic nitrogens is 3. The number of fused-ring (bicyclic) bond motifs is 2. The zero-order chi connectivity index (χ0) is 23.2. The number of nitrogens with zero attached hydrogens (tertiary/aromatic N) is 2. The van der Waals surface area contributed by atoms with Gasteiger partial charge in [-0.1, -0.05) is 23.4 Å². The molecular formula is C24H16ClF3N4O. The normalized spacial score (nSPS) is 15.7. The van der Waals surface area contributed by atoms with E-state index in [2.05, 4.69) is 32.1 Å². The zero-order valence-electron chi connectivity index (χ0n) is 17.0. The number of aromatic amines is 1. The minimum atomic E-state index is -4.54. The summed E-state index contributed by atoms with van der Waals surface area (Å²) in [7, 11) is 0. The molecule has 0 radical (unpaired) electrons. The second kappa shape index (κ2) is 8.19. The van der Waals surface area contributed by atoms with Crippen molar-refractivity contribution in [2.75, 3.05) is 6.54 Å². The SMILES string of the molecule is OC1CNCc2ncc(-c3cnc4[nH]cc(C#Cc5cc(Cl)ccc5C(F)(F)F)c4c3)cc21. The molecule has 1 unspecified atom stereocenters. The Hall–Kier alpha value is -3.38. The van der Waals surface area contributed by atoms with Crippen LogP contribution < -0.4 is 5.32 Å². The molecule has 4 aromatic rings. The standard InChI is InChI=1S/C24H16ClF3N4O/c25-17-3-4-20(24(26,27)28)13(5-17)1-2-14-8-31-23-18(14)6-15(10-32-23)16-7-19-21(30-9-16)11-29-12-22(19)33/h3-10,22,29,33H,11-12H2,(H,31,32). The van der Waals surface area contributed by atoms with Crippen molar-refractivity contribution in [2.24, 2.45) is 0 Å². The summed E-state index contributed by atoms with van der Waals surface area (Å²) in [5.41, 5.74) is 3.11. The van der Waals surface area contributed by atoms with Crippen LogP contribution in [-0.2, 0) is 12.7 Å². The number of pyridine rings is 2. The van der Waals surface area contributed by atoms with Gasteiger partial charge in [0, 0.05) is 64.3 Å². The van der Waals surface area contributed by atoms with E-state index >= 15 is 0 Å². The van der Waals surface area contributed by atoms with Crippen LogP contribution in [0.5, 0.6) is 0 Å². The Morgan fingerprint density at radius 2 is 1.79 bits per heavy atom. The molecule has 5 rings (SSSR count). The molecule has 1 aliphatic rings. The van der Waals surface area contributed by atoms with E-state index in [1.54, 1.807) is 18.6 Å². The van der Waals surface area contributed by atoms with Crippen LogP contribution in [-0.4, -0.2) is 26.6 Å². The van der Waals surface area contributed by atoms with Gasteiger partial charge in [-0.15, -0.1) is 0 Å². The van der Waals surface area contributed by atoms with Crippen LogP contribution in [0.1, 0.15) is 34.1 Å². The average Bonchev–Trinajstić information content (AvgIpc) is 3.19. The lowest BCUT2D eigenvalue weighted by Crippen LogP contribution is -2.28. The van der Waals surface area contributed by atoms with Gasteiger partial charge in [-0.2, -0.15) is 13.2 Å². The molecule has 1 aromatic carbocycles. The van der Waals surface area contributed by atoms with Crippen molar-refractivity contribution < 1.29 is 18.3 Å². The molecule has 0 amide bonds. The number of alkyl halides is 3. The van der Waals surface area contributed by atoms with Gasteiger partial charge < -0.3 is 15.4 Å². The summed E-state index contributed by atoms with van der Waals surface area (Å²) in [5.74, 6) is 5.42. The highest BCUT2D eigenvalue weighted by Gasteiger charge is 2.33. The molecule has 33 heavy (non-hydrogen) atoms. The summed E-state index contributed by atoms with van der Waals surface area (Å²) in [6.07, 6.45) is -0.199. The highest BCUT2D eigenvalue weighted by Crippen LogP contribution is 2.33. The Morgan fingerprint density at radius 1 is 1.03 bits per heavy atom. The number of β-amino-alcohol motifs (C(OH)–C–C–N with tert-alkyl or cyclic N) is 1. The van der Waals surface area contributed by atoms with Crippen molar-refractivity contribution in [1.29, 1.82) is 0 Å². The summed E-state index contributed by atoms with van der Waals surface area (Å²) in [4.78, 5) is 11.8. The minimum Gasteiger partial charge on any atom is -0.387 e. The number of aliphatic hydroxyl groups is 1. The first-order valence-corrected chi connectivity index (χ1v) is 10.4. The lowest BCUT2D eigenvalue weighted by atomic mass is 9.99. The molecule has 1 atom stereocenters. The van der Waals surface area contributed by atoms with E-state index in [1.165, 1.54) is 12.1 Å². The highest BCUT2D eigenvalue weighted by molar-refractivity contribution is 6.30. The molecule has 5 nitrogen and oxygen atoms in total. The van der Waals surface area contributed by atoms with Gasteiger partial charge in [-0.25, -0.2) is 4.98 Å². The van der Waals surface area contributed by atoms with Gasteiger partial charge in [0.15, 0.2) is 0 Å². The van der Waals surface area contributed by atoms with Crippen LogP contribution in [0.15, 0.2) is 48.9 Å². The fourth-order valence-electron chi connectivity index (χ4n) is 3.81. The Balaban J connectivity index is 1.56. The quantitative estimate of drug-likeness (QED) is 0.350. The number of aliphatic hydroxyl groups excluding tert-OH is 1. The fourth-order valence-corrected chi connectivity index (χ4v) is 3.98. The molecule has 0 fully saturated rings. The first kappa shape index (κ1) is 21.5. The summed E-state index contributed by atoms with van der Waals surface area (Å²) in [6.45, 7) is 1.04. The smallest absolute Gasteiger partial charge is 0.387 e. The maximum absolute atomic E-state index is 13.3. The van der Waals surface area contributed by atoms with Gasteiger partial charge >= 0.3 is 6.18 Å². The summed E-state index contributed by atoms with van der Waals surface area (Å²) < 4.78 is 40.0. The molecule has 0 aliphatic carbocycles. The fraction of sp³-hybridized carbons (Fsp3) is 0.167.